The van der Waals surface area contributed by atoms with Crippen molar-refractivity contribution in [2.24, 2.45) is 5.73 Å². The second-order valence-electron chi connectivity index (χ2n) is 3.69. The SMILES string of the molecule is CCOC(=O)N1CCCC1(CN)C(F)(F)F. The third kappa shape index (κ3) is 1.95. The fraction of sp³-hybridized carbons (Fsp3) is 0.889. The lowest BCUT2D eigenvalue weighted by Gasteiger charge is -2.38. The summed E-state index contributed by atoms with van der Waals surface area (Å²) >= 11 is 0. The van der Waals surface area contributed by atoms with E-state index >= 15 is 0 Å². The maximum Gasteiger partial charge on any atom is 0.413 e. The van der Waals surface area contributed by atoms with Gasteiger partial charge in [-0.15, -0.1) is 0 Å². The lowest BCUT2D eigenvalue weighted by Crippen LogP contribution is -2.61. The molecule has 7 heteroatoms. The fourth-order valence-electron chi connectivity index (χ4n) is 1.97. The first-order valence-electron chi connectivity index (χ1n) is 5.10. The van der Waals surface area contributed by atoms with Crippen LogP contribution in [-0.2, 0) is 4.74 Å². The molecule has 1 aliphatic heterocycles. The average molecular weight is 240 g/mol. The fourth-order valence-corrected chi connectivity index (χ4v) is 1.97. The summed E-state index contributed by atoms with van der Waals surface area (Å²) in [5.74, 6) is 0. The maximum absolute atomic E-state index is 12.9. The molecule has 0 spiro atoms. The summed E-state index contributed by atoms with van der Waals surface area (Å²) in [5.41, 5.74) is 2.96. The zero-order valence-electron chi connectivity index (χ0n) is 9.01. The van der Waals surface area contributed by atoms with Gasteiger partial charge in [0.25, 0.3) is 0 Å². The number of alkyl halides is 3. The number of hydrogen-bond donors (Lipinski definition) is 1. The van der Waals surface area contributed by atoms with E-state index in [-0.39, 0.29) is 26.0 Å². The van der Waals surface area contributed by atoms with Crippen molar-refractivity contribution >= 4 is 6.09 Å². The molecule has 1 aliphatic rings. The second-order valence-corrected chi connectivity index (χ2v) is 3.69. The first kappa shape index (κ1) is 13.1. The Morgan fingerprint density at radius 3 is 2.62 bits per heavy atom. The number of carbonyl (C=O) groups excluding carboxylic acids is 1. The number of amides is 1. The lowest BCUT2D eigenvalue weighted by atomic mass is 9.96. The van der Waals surface area contributed by atoms with Crippen molar-refractivity contribution in [2.75, 3.05) is 19.7 Å². The molecule has 16 heavy (non-hydrogen) atoms. The van der Waals surface area contributed by atoms with Gasteiger partial charge in [0.05, 0.1) is 6.61 Å². The molecule has 0 aromatic rings. The highest BCUT2D eigenvalue weighted by Crippen LogP contribution is 2.42. The Bertz CT molecular complexity index is 270. The molecule has 0 aromatic heterocycles. The van der Waals surface area contributed by atoms with Crippen LogP contribution in [0.4, 0.5) is 18.0 Å². The van der Waals surface area contributed by atoms with Crippen molar-refractivity contribution in [2.45, 2.75) is 31.5 Å². The van der Waals surface area contributed by atoms with E-state index in [4.69, 9.17) is 5.73 Å². The maximum atomic E-state index is 12.9. The molecular formula is C9H15F3N2O2. The lowest BCUT2D eigenvalue weighted by molar-refractivity contribution is -0.214. The monoisotopic (exact) mass is 240 g/mol. The summed E-state index contributed by atoms with van der Waals surface area (Å²) in [6.45, 7) is 1.00. The van der Waals surface area contributed by atoms with Crippen molar-refractivity contribution in [3.8, 4) is 0 Å². The van der Waals surface area contributed by atoms with Crippen LogP contribution in [0, 0.1) is 0 Å². The van der Waals surface area contributed by atoms with Gasteiger partial charge in [-0.2, -0.15) is 13.2 Å². The minimum absolute atomic E-state index is 0.0372. The van der Waals surface area contributed by atoms with Gasteiger partial charge < -0.3 is 10.5 Å². The van der Waals surface area contributed by atoms with E-state index in [1.807, 2.05) is 0 Å². The Labute approximate surface area is 91.5 Å². The predicted molar refractivity (Wildman–Crippen MR) is 50.8 cm³/mol. The topological polar surface area (TPSA) is 55.6 Å². The van der Waals surface area contributed by atoms with E-state index in [1.165, 1.54) is 0 Å². The summed E-state index contributed by atoms with van der Waals surface area (Å²) in [6.07, 6.45) is -5.34. The smallest absolute Gasteiger partial charge is 0.413 e. The largest absolute Gasteiger partial charge is 0.450 e. The van der Waals surface area contributed by atoms with E-state index in [2.05, 4.69) is 4.74 Å². The number of likely N-dealkylation sites (tertiary alicyclic amines) is 1. The summed E-state index contributed by atoms with van der Waals surface area (Å²) in [7, 11) is 0. The van der Waals surface area contributed by atoms with Crippen molar-refractivity contribution in [1.82, 2.24) is 4.90 Å². The van der Waals surface area contributed by atoms with Crippen LogP contribution in [-0.4, -0.2) is 42.4 Å². The Morgan fingerprint density at radius 1 is 1.56 bits per heavy atom. The van der Waals surface area contributed by atoms with Crippen molar-refractivity contribution in [3.63, 3.8) is 0 Å². The van der Waals surface area contributed by atoms with Crippen molar-refractivity contribution in [1.29, 1.82) is 0 Å². The highest BCUT2D eigenvalue weighted by Gasteiger charge is 2.61. The predicted octanol–water partition coefficient (Wildman–Crippen LogP) is 1.50. The second kappa shape index (κ2) is 4.48. The van der Waals surface area contributed by atoms with Crippen LogP contribution in [0.15, 0.2) is 0 Å². The van der Waals surface area contributed by atoms with E-state index in [0.717, 1.165) is 0 Å². The van der Waals surface area contributed by atoms with Crippen LogP contribution >= 0.6 is 0 Å². The zero-order valence-corrected chi connectivity index (χ0v) is 9.01. The van der Waals surface area contributed by atoms with E-state index in [9.17, 15) is 18.0 Å². The Hall–Kier alpha value is -0.980. The molecule has 1 fully saturated rings. The van der Waals surface area contributed by atoms with Gasteiger partial charge in [0.1, 0.15) is 0 Å². The number of ether oxygens (including phenoxy) is 1. The normalized spacial score (nSPS) is 25.9. The van der Waals surface area contributed by atoms with Gasteiger partial charge in [0, 0.05) is 13.1 Å². The molecule has 1 amide bonds. The van der Waals surface area contributed by atoms with Crippen molar-refractivity contribution in [3.05, 3.63) is 0 Å². The quantitative estimate of drug-likeness (QED) is 0.795. The molecule has 0 saturated carbocycles. The standard InChI is InChI=1S/C9H15F3N2O2/c1-2-16-7(15)14-5-3-4-8(14,6-13)9(10,11)12/h2-6,13H2,1H3. The van der Waals surface area contributed by atoms with Gasteiger partial charge in [-0.1, -0.05) is 0 Å². The zero-order chi connectivity index (χ0) is 12.4. The summed E-state index contributed by atoms with van der Waals surface area (Å²) in [4.78, 5) is 12.1. The number of nitrogens with zero attached hydrogens (tertiary/aromatic N) is 1. The van der Waals surface area contributed by atoms with Gasteiger partial charge in [-0.05, 0) is 19.8 Å². The molecule has 0 radical (unpaired) electrons. The van der Waals surface area contributed by atoms with Gasteiger partial charge >= 0.3 is 12.3 Å². The molecule has 94 valence electrons. The van der Waals surface area contributed by atoms with Crippen molar-refractivity contribution < 1.29 is 22.7 Å². The highest BCUT2D eigenvalue weighted by atomic mass is 19.4. The van der Waals surface area contributed by atoms with Crippen LogP contribution in [0.3, 0.4) is 0 Å². The van der Waals surface area contributed by atoms with Gasteiger partial charge in [-0.3, -0.25) is 4.90 Å². The number of nitrogens with two attached hydrogens (primary N) is 1. The molecule has 1 saturated heterocycles. The number of carbonyl (C=O) groups is 1. The van der Waals surface area contributed by atoms with E-state index in [1.54, 1.807) is 6.92 Å². The van der Waals surface area contributed by atoms with Gasteiger partial charge in [0.15, 0.2) is 5.54 Å². The van der Waals surface area contributed by atoms with Crippen LogP contribution in [0.5, 0.6) is 0 Å². The molecule has 0 aromatic carbocycles. The first-order valence-corrected chi connectivity index (χ1v) is 5.10. The Kier molecular flexibility index (Phi) is 3.67. The molecule has 2 N–H and O–H groups in total. The third-order valence-corrected chi connectivity index (χ3v) is 2.84. The van der Waals surface area contributed by atoms with Crippen LogP contribution in [0.25, 0.3) is 0 Å². The minimum atomic E-state index is -4.52. The summed E-state index contributed by atoms with van der Waals surface area (Å²) < 4.78 is 43.4. The number of rotatable bonds is 2. The van der Waals surface area contributed by atoms with E-state index in [0.29, 0.717) is 4.90 Å². The molecule has 4 nitrogen and oxygen atoms in total. The summed E-state index contributed by atoms with van der Waals surface area (Å²) in [6, 6.07) is 0. The summed E-state index contributed by atoms with van der Waals surface area (Å²) in [5, 5.41) is 0. The molecular weight excluding hydrogens is 225 g/mol. The molecule has 1 rings (SSSR count). The Morgan fingerprint density at radius 2 is 2.19 bits per heavy atom. The van der Waals surface area contributed by atoms with Crippen LogP contribution < -0.4 is 5.73 Å². The van der Waals surface area contributed by atoms with Crippen LogP contribution in [0.2, 0.25) is 0 Å². The van der Waals surface area contributed by atoms with Gasteiger partial charge in [0.2, 0.25) is 0 Å². The van der Waals surface area contributed by atoms with Gasteiger partial charge in [-0.25, -0.2) is 4.79 Å². The molecule has 1 atom stereocenters. The molecule has 1 heterocycles. The average Bonchev–Trinajstić information content (AvgIpc) is 2.61. The Balaban J connectivity index is 2.95. The number of halogens is 3. The molecule has 0 aliphatic carbocycles. The molecule has 0 bridgehead atoms. The van der Waals surface area contributed by atoms with E-state index < -0.39 is 24.4 Å². The molecule has 1 unspecified atom stereocenters. The van der Waals surface area contributed by atoms with Crippen LogP contribution in [0.1, 0.15) is 19.8 Å². The third-order valence-electron chi connectivity index (χ3n) is 2.84. The highest BCUT2D eigenvalue weighted by molar-refractivity contribution is 5.69. The number of hydrogen-bond acceptors (Lipinski definition) is 3. The first-order chi connectivity index (χ1) is 7.39. The minimum Gasteiger partial charge on any atom is -0.450 e.